The van der Waals surface area contributed by atoms with E-state index >= 15 is 0 Å². The van der Waals surface area contributed by atoms with Crippen LogP contribution in [-0.4, -0.2) is 9.96 Å². The second-order valence-corrected chi connectivity index (χ2v) is 5.05. The number of hydrogen-bond donors (Lipinski definition) is 1. The Balaban J connectivity index is 2.90. The summed E-state index contributed by atoms with van der Waals surface area (Å²) in [4.78, 5) is 0.528. The fourth-order valence-electron chi connectivity index (χ4n) is 1.12. The van der Waals surface area contributed by atoms with Crippen molar-refractivity contribution in [1.29, 1.82) is 0 Å². The molecule has 0 saturated heterocycles. The van der Waals surface area contributed by atoms with Crippen LogP contribution in [0.1, 0.15) is 13.8 Å². The van der Waals surface area contributed by atoms with Crippen LogP contribution in [0, 0.1) is 11.7 Å². The molecular formula is C10H14FNOS. The summed E-state index contributed by atoms with van der Waals surface area (Å²) in [6.45, 7) is 3.97. The molecule has 0 fully saturated rings. The van der Waals surface area contributed by atoms with Crippen LogP contribution in [0.3, 0.4) is 0 Å². The number of hydrogen-bond acceptors (Lipinski definition) is 2. The van der Waals surface area contributed by atoms with E-state index in [0.29, 0.717) is 16.6 Å². The van der Waals surface area contributed by atoms with E-state index < -0.39 is 16.6 Å². The van der Waals surface area contributed by atoms with Gasteiger partial charge in [-0.2, -0.15) is 0 Å². The zero-order valence-corrected chi connectivity index (χ0v) is 9.10. The van der Waals surface area contributed by atoms with E-state index in [9.17, 15) is 8.60 Å². The molecular weight excluding hydrogens is 201 g/mol. The lowest BCUT2D eigenvalue weighted by Gasteiger charge is -2.07. The molecule has 0 aromatic heterocycles. The van der Waals surface area contributed by atoms with Gasteiger partial charge in [0.05, 0.1) is 21.4 Å². The third kappa shape index (κ3) is 2.80. The highest BCUT2D eigenvalue weighted by molar-refractivity contribution is 7.85. The molecule has 0 aliphatic carbocycles. The molecule has 1 aromatic carbocycles. The minimum Gasteiger partial charge on any atom is -0.398 e. The Labute approximate surface area is 85.8 Å². The molecule has 2 N–H and O–H groups in total. The highest BCUT2D eigenvalue weighted by atomic mass is 32.2. The minimum atomic E-state index is -1.13. The number of nitrogen functional groups attached to an aromatic ring is 1. The van der Waals surface area contributed by atoms with Gasteiger partial charge in [-0.15, -0.1) is 0 Å². The summed E-state index contributed by atoms with van der Waals surface area (Å²) >= 11 is 0. The molecule has 1 aromatic rings. The monoisotopic (exact) mass is 215 g/mol. The van der Waals surface area contributed by atoms with Crippen molar-refractivity contribution in [2.24, 2.45) is 5.92 Å². The van der Waals surface area contributed by atoms with E-state index in [0.717, 1.165) is 0 Å². The van der Waals surface area contributed by atoms with Gasteiger partial charge >= 0.3 is 0 Å². The molecule has 4 heteroatoms. The van der Waals surface area contributed by atoms with Crippen LogP contribution in [0.5, 0.6) is 0 Å². The minimum absolute atomic E-state index is 0.268. The summed E-state index contributed by atoms with van der Waals surface area (Å²) < 4.78 is 24.4. The van der Waals surface area contributed by atoms with Gasteiger partial charge in [0.1, 0.15) is 5.82 Å². The van der Waals surface area contributed by atoms with Crippen LogP contribution in [-0.2, 0) is 10.8 Å². The van der Waals surface area contributed by atoms with E-state index in [4.69, 9.17) is 5.73 Å². The molecule has 0 saturated carbocycles. The van der Waals surface area contributed by atoms with Crippen LogP contribution in [0.2, 0.25) is 0 Å². The van der Waals surface area contributed by atoms with Crippen molar-refractivity contribution < 1.29 is 8.60 Å². The topological polar surface area (TPSA) is 43.1 Å². The highest BCUT2D eigenvalue weighted by Crippen LogP contribution is 2.18. The molecule has 0 radical (unpaired) electrons. The van der Waals surface area contributed by atoms with Crippen molar-refractivity contribution in [2.75, 3.05) is 11.5 Å². The van der Waals surface area contributed by atoms with Crippen LogP contribution >= 0.6 is 0 Å². The number of nitrogens with two attached hydrogens (primary N) is 1. The first-order valence-electron chi connectivity index (χ1n) is 4.44. The van der Waals surface area contributed by atoms with E-state index in [1.165, 1.54) is 18.2 Å². The highest BCUT2D eigenvalue weighted by Gasteiger charge is 2.10. The average molecular weight is 215 g/mol. The lowest BCUT2D eigenvalue weighted by molar-refractivity contribution is 0.627. The number of anilines is 1. The van der Waals surface area contributed by atoms with Gasteiger partial charge in [-0.1, -0.05) is 13.8 Å². The van der Waals surface area contributed by atoms with Gasteiger partial charge < -0.3 is 5.73 Å². The predicted molar refractivity (Wildman–Crippen MR) is 56.9 cm³/mol. The summed E-state index contributed by atoms with van der Waals surface area (Å²) in [7, 11) is -1.13. The smallest absolute Gasteiger partial charge is 0.125 e. The Bertz CT molecular complexity index is 352. The Morgan fingerprint density at radius 3 is 2.64 bits per heavy atom. The molecule has 0 heterocycles. The maximum atomic E-state index is 12.7. The van der Waals surface area contributed by atoms with Gasteiger partial charge in [0.15, 0.2) is 0 Å². The van der Waals surface area contributed by atoms with Crippen LogP contribution in [0.25, 0.3) is 0 Å². The molecule has 2 nitrogen and oxygen atoms in total. The first-order valence-corrected chi connectivity index (χ1v) is 5.76. The van der Waals surface area contributed by atoms with Gasteiger partial charge in [0.25, 0.3) is 0 Å². The SMILES string of the molecule is CC(C)CS(=O)c1ccc(F)cc1N. The normalized spacial score (nSPS) is 13.1. The van der Waals surface area contributed by atoms with E-state index in [1.807, 2.05) is 13.8 Å². The van der Waals surface area contributed by atoms with Crippen molar-refractivity contribution in [3.05, 3.63) is 24.0 Å². The second-order valence-electron chi connectivity index (χ2n) is 3.59. The predicted octanol–water partition coefficient (Wildman–Crippen LogP) is 2.17. The Morgan fingerprint density at radius 2 is 2.14 bits per heavy atom. The maximum Gasteiger partial charge on any atom is 0.125 e. The van der Waals surface area contributed by atoms with Crippen molar-refractivity contribution >= 4 is 16.5 Å². The Hall–Kier alpha value is -0.900. The van der Waals surface area contributed by atoms with Crippen molar-refractivity contribution in [3.8, 4) is 0 Å². The van der Waals surface area contributed by atoms with Crippen LogP contribution in [0.4, 0.5) is 10.1 Å². The molecule has 0 spiro atoms. The van der Waals surface area contributed by atoms with Crippen LogP contribution in [0.15, 0.2) is 23.1 Å². The fraction of sp³-hybridized carbons (Fsp3) is 0.400. The van der Waals surface area contributed by atoms with E-state index in [-0.39, 0.29) is 5.69 Å². The third-order valence-corrected chi connectivity index (χ3v) is 3.53. The lowest BCUT2D eigenvalue weighted by Crippen LogP contribution is -2.07. The summed E-state index contributed by atoms with van der Waals surface area (Å²) in [6.07, 6.45) is 0. The average Bonchev–Trinajstić information content (AvgIpc) is 2.01. The molecule has 0 aliphatic rings. The maximum absolute atomic E-state index is 12.7. The molecule has 0 aliphatic heterocycles. The molecule has 1 rings (SSSR count). The standard InChI is InChI=1S/C10H14FNOS/c1-7(2)6-14(13)10-4-3-8(11)5-9(10)12/h3-5,7H,6,12H2,1-2H3. The van der Waals surface area contributed by atoms with Crippen molar-refractivity contribution in [3.63, 3.8) is 0 Å². The largest absolute Gasteiger partial charge is 0.398 e. The van der Waals surface area contributed by atoms with Gasteiger partial charge in [0, 0.05) is 5.75 Å². The second kappa shape index (κ2) is 4.55. The van der Waals surface area contributed by atoms with Crippen molar-refractivity contribution in [1.82, 2.24) is 0 Å². The quantitative estimate of drug-likeness (QED) is 0.785. The summed E-state index contributed by atoms with van der Waals surface area (Å²) in [5, 5.41) is 0. The number of rotatable bonds is 3. The number of benzene rings is 1. The first-order chi connectivity index (χ1) is 6.50. The van der Waals surface area contributed by atoms with E-state index in [2.05, 4.69) is 0 Å². The van der Waals surface area contributed by atoms with Gasteiger partial charge in [-0.25, -0.2) is 4.39 Å². The Kier molecular flexibility index (Phi) is 3.63. The Morgan fingerprint density at radius 1 is 1.50 bits per heavy atom. The van der Waals surface area contributed by atoms with Crippen LogP contribution < -0.4 is 5.73 Å². The molecule has 0 amide bonds. The lowest BCUT2D eigenvalue weighted by atomic mass is 10.3. The summed E-state index contributed by atoms with van der Waals surface area (Å²) in [5.41, 5.74) is 5.83. The third-order valence-electron chi connectivity index (χ3n) is 1.70. The molecule has 1 unspecified atom stereocenters. The molecule has 0 bridgehead atoms. The molecule has 1 atom stereocenters. The summed E-state index contributed by atoms with van der Waals surface area (Å²) in [6, 6.07) is 3.97. The first kappa shape index (κ1) is 11.2. The van der Waals surface area contributed by atoms with Gasteiger partial charge in [0.2, 0.25) is 0 Å². The van der Waals surface area contributed by atoms with E-state index in [1.54, 1.807) is 0 Å². The molecule has 14 heavy (non-hydrogen) atoms. The zero-order valence-electron chi connectivity index (χ0n) is 8.29. The fourth-order valence-corrected chi connectivity index (χ4v) is 2.45. The zero-order chi connectivity index (χ0) is 10.7. The molecule has 78 valence electrons. The number of halogens is 1. The van der Waals surface area contributed by atoms with Gasteiger partial charge in [-0.05, 0) is 24.1 Å². The summed E-state index contributed by atoms with van der Waals surface area (Å²) in [5.74, 6) is 0.489. The van der Waals surface area contributed by atoms with Gasteiger partial charge in [-0.3, -0.25) is 4.21 Å². The van der Waals surface area contributed by atoms with Crippen molar-refractivity contribution in [2.45, 2.75) is 18.7 Å².